The highest BCUT2D eigenvalue weighted by atomic mass is 16.5. The van der Waals surface area contributed by atoms with Crippen LogP contribution in [-0.2, 0) is 4.74 Å². The van der Waals surface area contributed by atoms with Gasteiger partial charge >= 0.3 is 6.03 Å². The lowest BCUT2D eigenvalue weighted by atomic mass is 9.98. The van der Waals surface area contributed by atoms with Gasteiger partial charge in [-0.25, -0.2) is 4.79 Å². The number of hydrogen-bond donors (Lipinski definition) is 2. The molecule has 134 valence electrons. The molecule has 1 saturated carbocycles. The molecule has 0 bridgehead atoms. The van der Waals surface area contributed by atoms with Crippen molar-refractivity contribution < 1.29 is 14.3 Å². The maximum absolute atomic E-state index is 11.6. The van der Waals surface area contributed by atoms with E-state index in [-0.39, 0.29) is 6.03 Å². The van der Waals surface area contributed by atoms with E-state index >= 15 is 0 Å². The van der Waals surface area contributed by atoms with E-state index in [4.69, 9.17) is 9.47 Å². The van der Waals surface area contributed by atoms with Gasteiger partial charge in [0.15, 0.2) is 0 Å². The van der Waals surface area contributed by atoms with E-state index in [0.29, 0.717) is 25.8 Å². The van der Waals surface area contributed by atoms with Crippen molar-refractivity contribution in [1.82, 2.24) is 10.6 Å². The molecule has 0 aromatic heterocycles. The number of carbonyl (C=O) groups is 1. The van der Waals surface area contributed by atoms with Crippen LogP contribution in [0.4, 0.5) is 4.79 Å². The quantitative estimate of drug-likeness (QED) is 0.680. The molecule has 0 saturated heterocycles. The summed E-state index contributed by atoms with van der Waals surface area (Å²) in [4.78, 5) is 11.6. The summed E-state index contributed by atoms with van der Waals surface area (Å²) in [7, 11) is 0. The Labute approximate surface area is 145 Å². The first-order valence-electron chi connectivity index (χ1n) is 9.07. The zero-order valence-electron chi connectivity index (χ0n) is 14.7. The fraction of sp³-hybridized carbons (Fsp3) is 0.632. The lowest BCUT2D eigenvalue weighted by molar-refractivity contribution is 0.0275. The molecular formula is C19H30N2O3. The second-order valence-corrected chi connectivity index (χ2v) is 6.33. The maximum atomic E-state index is 11.6. The molecule has 1 aliphatic carbocycles. The number of amides is 2. The fourth-order valence-corrected chi connectivity index (χ4v) is 2.79. The molecule has 5 heteroatoms. The molecule has 1 aromatic carbocycles. The molecule has 5 nitrogen and oxygen atoms in total. The van der Waals surface area contributed by atoms with Crippen LogP contribution in [0.1, 0.15) is 44.1 Å². The number of nitrogens with one attached hydrogen (secondary N) is 2. The zero-order chi connectivity index (χ0) is 17.0. The van der Waals surface area contributed by atoms with Crippen LogP contribution in [0, 0.1) is 6.92 Å². The van der Waals surface area contributed by atoms with Crippen molar-refractivity contribution in [2.45, 2.75) is 51.6 Å². The van der Waals surface area contributed by atoms with Gasteiger partial charge in [0.25, 0.3) is 0 Å². The van der Waals surface area contributed by atoms with Gasteiger partial charge in [0.2, 0.25) is 0 Å². The summed E-state index contributed by atoms with van der Waals surface area (Å²) in [5, 5.41) is 5.63. The van der Waals surface area contributed by atoms with Crippen molar-refractivity contribution in [1.29, 1.82) is 0 Å². The molecular weight excluding hydrogens is 304 g/mol. The number of benzene rings is 1. The minimum absolute atomic E-state index is 0.153. The van der Waals surface area contributed by atoms with E-state index in [1.54, 1.807) is 0 Å². The Morgan fingerprint density at radius 2 is 1.75 bits per heavy atom. The Bertz CT molecular complexity index is 470. The van der Waals surface area contributed by atoms with Gasteiger partial charge in [-0.3, -0.25) is 0 Å². The van der Waals surface area contributed by atoms with Crippen LogP contribution in [-0.4, -0.2) is 38.4 Å². The number of hydrogen-bond acceptors (Lipinski definition) is 3. The van der Waals surface area contributed by atoms with Gasteiger partial charge in [0, 0.05) is 13.2 Å². The van der Waals surface area contributed by atoms with Crippen LogP contribution in [0.5, 0.6) is 5.75 Å². The second kappa shape index (κ2) is 10.9. The third kappa shape index (κ3) is 7.68. The first-order chi connectivity index (χ1) is 11.7. The van der Waals surface area contributed by atoms with Gasteiger partial charge in [-0.1, -0.05) is 37.0 Å². The van der Waals surface area contributed by atoms with Gasteiger partial charge < -0.3 is 20.1 Å². The van der Waals surface area contributed by atoms with E-state index in [0.717, 1.165) is 18.8 Å². The smallest absolute Gasteiger partial charge is 0.314 e. The minimum atomic E-state index is -0.153. The normalized spacial score (nSPS) is 15.0. The zero-order valence-corrected chi connectivity index (χ0v) is 14.7. The average molecular weight is 334 g/mol. The van der Waals surface area contributed by atoms with E-state index in [1.807, 2.05) is 31.2 Å². The van der Waals surface area contributed by atoms with E-state index in [2.05, 4.69) is 10.6 Å². The van der Waals surface area contributed by atoms with Crippen LogP contribution in [0.2, 0.25) is 0 Å². The summed E-state index contributed by atoms with van der Waals surface area (Å²) in [6, 6.07) is 7.72. The molecule has 2 amide bonds. The molecule has 0 atom stereocenters. The van der Waals surface area contributed by atoms with Gasteiger partial charge in [0.05, 0.1) is 12.6 Å². The molecule has 1 aromatic rings. The lowest BCUT2D eigenvalue weighted by Gasteiger charge is -2.21. The van der Waals surface area contributed by atoms with Crippen molar-refractivity contribution in [3.05, 3.63) is 29.8 Å². The highest BCUT2D eigenvalue weighted by Gasteiger charge is 2.12. The summed E-state index contributed by atoms with van der Waals surface area (Å²) < 4.78 is 11.4. The van der Waals surface area contributed by atoms with Gasteiger partial charge in [-0.15, -0.1) is 0 Å². The molecule has 1 fully saturated rings. The standard InChI is InChI=1S/C19H30N2O3/c1-16-8-10-18(11-9-16)24-15-13-21-19(22)20-12-5-14-23-17-6-3-2-4-7-17/h8-11,17H,2-7,12-15H2,1H3,(H2,20,21,22). The molecule has 0 heterocycles. The highest BCUT2D eigenvalue weighted by Crippen LogP contribution is 2.20. The van der Waals surface area contributed by atoms with Crippen molar-refractivity contribution >= 4 is 6.03 Å². The highest BCUT2D eigenvalue weighted by molar-refractivity contribution is 5.73. The van der Waals surface area contributed by atoms with Crippen molar-refractivity contribution in [3.63, 3.8) is 0 Å². The molecule has 24 heavy (non-hydrogen) atoms. The monoisotopic (exact) mass is 334 g/mol. The predicted molar refractivity (Wildman–Crippen MR) is 95.5 cm³/mol. The minimum Gasteiger partial charge on any atom is -0.492 e. The number of carbonyl (C=O) groups excluding carboxylic acids is 1. The van der Waals surface area contributed by atoms with Crippen LogP contribution in [0.3, 0.4) is 0 Å². The van der Waals surface area contributed by atoms with Gasteiger partial charge in [0.1, 0.15) is 12.4 Å². The topological polar surface area (TPSA) is 59.6 Å². The summed E-state index contributed by atoms with van der Waals surface area (Å²) in [5.41, 5.74) is 1.20. The van der Waals surface area contributed by atoms with Crippen LogP contribution < -0.4 is 15.4 Å². The first kappa shape index (κ1) is 18.6. The maximum Gasteiger partial charge on any atom is 0.314 e. The largest absolute Gasteiger partial charge is 0.492 e. The molecule has 0 radical (unpaired) electrons. The molecule has 0 unspecified atom stereocenters. The summed E-state index contributed by atoms with van der Waals surface area (Å²) in [6.07, 6.45) is 7.58. The van der Waals surface area contributed by atoms with Crippen molar-refractivity contribution in [2.24, 2.45) is 0 Å². The van der Waals surface area contributed by atoms with Gasteiger partial charge in [-0.2, -0.15) is 0 Å². The van der Waals surface area contributed by atoms with Gasteiger partial charge in [-0.05, 0) is 38.3 Å². The fourth-order valence-electron chi connectivity index (χ4n) is 2.79. The Morgan fingerprint density at radius 1 is 1.04 bits per heavy atom. The molecule has 1 aliphatic rings. The van der Waals surface area contributed by atoms with Crippen LogP contribution in [0.15, 0.2) is 24.3 Å². The summed E-state index contributed by atoms with van der Waals surface area (Å²) in [6.45, 7) is 4.34. The van der Waals surface area contributed by atoms with Crippen LogP contribution in [0.25, 0.3) is 0 Å². The number of urea groups is 1. The van der Waals surface area contributed by atoms with Crippen molar-refractivity contribution in [2.75, 3.05) is 26.3 Å². The average Bonchev–Trinajstić information content (AvgIpc) is 2.61. The van der Waals surface area contributed by atoms with Crippen molar-refractivity contribution in [3.8, 4) is 5.75 Å². The predicted octanol–water partition coefficient (Wildman–Crippen LogP) is 3.41. The number of rotatable bonds is 9. The second-order valence-electron chi connectivity index (χ2n) is 6.33. The van der Waals surface area contributed by atoms with E-state index in [1.165, 1.54) is 37.7 Å². The summed E-state index contributed by atoms with van der Waals surface area (Å²) >= 11 is 0. The molecule has 0 spiro atoms. The Kier molecular flexibility index (Phi) is 8.46. The lowest BCUT2D eigenvalue weighted by Crippen LogP contribution is -2.38. The first-order valence-corrected chi connectivity index (χ1v) is 9.07. The number of aryl methyl sites for hydroxylation is 1. The number of ether oxygens (including phenoxy) is 2. The van der Waals surface area contributed by atoms with E-state index < -0.39 is 0 Å². The summed E-state index contributed by atoms with van der Waals surface area (Å²) in [5.74, 6) is 0.822. The Hall–Kier alpha value is -1.75. The van der Waals surface area contributed by atoms with Crippen LogP contribution >= 0.6 is 0 Å². The van der Waals surface area contributed by atoms with E-state index in [9.17, 15) is 4.79 Å². The SMILES string of the molecule is Cc1ccc(OCCNC(=O)NCCCOC2CCCCC2)cc1. The Balaban J connectivity index is 1.42. The molecule has 2 rings (SSSR count). The third-order valence-corrected chi connectivity index (χ3v) is 4.19. The Morgan fingerprint density at radius 3 is 2.50 bits per heavy atom. The molecule has 0 aliphatic heterocycles. The third-order valence-electron chi connectivity index (χ3n) is 4.19. The molecule has 2 N–H and O–H groups in total.